The summed E-state index contributed by atoms with van der Waals surface area (Å²) < 4.78 is 8.40. The predicted octanol–water partition coefficient (Wildman–Crippen LogP) is 5.62. The van der Waals surface area contributed by atoms with E-state index in [1.807, 2.05) is 47.5 Å². The monoisotopic (exact) mass is 529 g/mol. The molecule has 0 unspecified atom stereocenters. The fourth-order valence-electron chi connectivity index (χ4n) is 4.28. The summed E-state index contributed by atoms with van der Waals surface area (Å²) in [6, 6.07) is 17.7. The summed E-state index contributed by atoms with van der Waals surface area (Å²) in [6.45, 7) is 0. The fraction of sp³-hybridized carbons (Fsp3) is 0.143. The van der Waals surface area contributed by atoms with E-state index in [1.54, 1.807) is 11.3 Å². The standard InChI is InChI=1S/C21H13Br2N3O2S/c22-11-5-6-14-13(9-11)21(20(27)24-14)26-16(12-3-1-2-4-17(12)28-21)10-15(25-26)18-7-8-19(23)29-18/h1-9,16H,10H2,(H,24,27)/t16-,21-/m0/s1. The lowest BCUT2D eigenvalue weighted by Gasteiger charge is -2.44. The highest BCUT2D eigenvalue weighted by molar-refractivity contribution is 9.11. The quantitative estimate of drug-likeness (QED) is 0.444. The van der Waals surface area contributed by atoms with Crippen molar-refractivity contribution in [2.45, 2.75) is 18.2 Å². The van der Waals surface area contributed by atoms with Crippen molar-refractivity contribution in [3.8, 4) is 5.75 Å². The number of benzene rings is 2. The first kappa shape index (κ1) is 17.7. The van der Waals surface area contributed by atoms with Crippen LogP contribution in [0.25, 0.3) is 0 Å². The molecule has 3 aliphatic heterocycles. The smallest absolute Gasteiger partial charge is 0.306 e. The van der Waals surface area contributed by atoms with E-state index in [9.17, 15) is 4.79 Å². The molecule has 0 fully saturated rings. The van der Waals surface area contributed by atoms with Gasteiger partial charge in [-0.25, -0.2) is 5.01 Å². The van der Waals surface area contributed by atoms with Crippen LogP contribution in [0.5, 0.6) is 5.75 Å². The Morgan fingerprint density at radius 1 is 1.17 bits per heavy atom. The Bertz CT molecular complexity index is 1220. The average molecular weight is 531 g/mol. The van der Waals surface area contributed by atoms with Crippen molar-refractivity contribution < 1.29 is 9.53 Å². The van der Waals surface area contributed by atoms with Crippen molar-refractivity contribution >= 4 is 60.5 Å². The number of anilines is 1. The highest BCUT2D eigenvalue weighted by atomic mass is 79.9. The van der Waals surface area contributed by atoms with Crippen molar-refractivity contribution in [3.05, 3.63) is 78.9 Å². The van der Waals surface area contributed by atoms with Crippen LogP contribution in [0.15, 0.2) is 68.0 Å². The molecule has 2 aromatic carbocycles. The summed E-state index contributed by atoms with van der Waals surface area (Å²) in [4.78, 5) is 14.4. The summed E-state index contributed by atoms with van der Waals surface area (Å²) in [5, 5.41) is 9.78. The van der Waals surface area contributed by atoms with Gasteiger partial charge in [-0.1, -0.05) is 34.1 Å². The van der Waals surface area contributed by atoms with Gasteiger partial charge in [-0.05, 0) is 52.3 Å². The molecule has 144 valence electrons. The molecular weight excluding hydrogens is 518 g/mol. The zero-order chi connectivity index (χ0) is 19.8. The molecule has 3 aromatic rings. The molecule has 2 atom stereocenters. The Kier molecular flexibility index (Phi) is 3.76. The zero-order valence-electron chi connectivity index (χ0n) is 14.9. The third kappa shape index (κ3) is 2.42. The summed E-state index contributed by atoms with van der Waals surface area (Å²) in [5.74, 6) is 0.503. The lowest BCUT2D eigenvalue weighted by Crippen LogP contribution is -2.55. The van der Waals surface area contributed by atoms with Crippen LogP contribution < -0.4 is 10.1 Å². The zero-order valence-corrected chi connectivity index (χ0v) is 18.8. The second kappa shape index (κ2) is 6.17. The molecule has 1 aromatic heterocycles. The fourth-order valence-corrected chi connectivity index (χ4v) is 6.02. The number of amides is 1. The van der Waals surface area contributed by atoms with Crippen LogP contribution in [-0.2, 0) is 10.5 Å². The number of carbonyl (C=O) groups excluding carboxylic acids is 1. The summed E-state index contributed by atoms with van der Waals surface area (Å²) in [7, 11) is 0. The number of rotatable bonds is 1. The molecule has 5 nitrogen and oxygen atoms in total. The topological polar surface area (TPSA) is 53.9 Å². The van der Waals surface area contributed by atoms with Gasteiger partial charge in [0.15, 0.2) is 0 Å². The van der Waals surface area contributed by atoms with E-state index < -0.39 is 5.72 Å². The van der Waals surface area contributed by atoms with Gasteiger partial charge in [0.25, 0.3) is 5.91 Å². The van der Waals surface area contributed by atoms with Gasteiger partial charge in [-0.3, -0.25) is 4.79 Å². The van der Waals surface area contributed by atoms with Gasteiger partial charge < -0.3 is 10.1 Å². The predicted molar refractivity (Wildman–Crippen MR) is 119 cm³/mol. The second-order valence-electron chi connectivity index (χ2n) is 7.14. The number of thiophene rings is 1. The van der Waals surface area contributed by atoms with E-state index in [1.165, 1.54) is 0 Å². The first-order valence-electron chi connectivity index (χ1n) is 9.08. The maximum absolute atomic E-state index is 13.4. The highest BCUT2D eigenvalue weighted by Crippen LogP contribution is 2.54. The van der Waals surface area contributed by atoms with Gasteiger partial charge in [-0.2, -0.15) is 5.10 Å². The van der Waals surface area contributed by atoms with Gasteiger partial charge in [0.1, 0.15) is 5.75 Å². The minimum Gasteiger partial charge on any atom is -0.453 e. The maximum Gasteiger partial charge on any atom is 0.306 e. The number of hydrogen-bond donors (Lipinski definition) is 1. The Morgan fingerprint density at radius 2 is 2.03 bits per heavy atom. The lowest BCUT2D eigenvalue weighted by atomic mass is 9.93. The number of ether oxygens (including phenoxy) is 1. The van der Waals surface area contributed by atoms with E-state index in [0.29, 0.717) is 6.42 Å². The molecule has 0 saturated carbocycles. The molecule has 0 bridgehead atoms. The van der Waals surface area contributed by atoms with Crippen molar-refractivity contribution in [3.63, 3.8) is 0 Å². The molecule has 8 heteroatoms. The maximum atomic E-state index is 13.4. The minimum atomic E-state index is -1.33. The minimum absolute atomic E-state index is 0.0773. The number of fused-ring (bicyclic) bond motifs is 6. The average Bonchev–Trinajstić information content (AvgIpc) is 3.40. The summed E-state index contributed by atoms with van der Waals surface area (Å²) in [5.41, 5.74) is 2.20. The number of hydrogen-bond acceptors (Lipinski definition) is 5. The molecule has 0 aliphatic carbocycles. The van der Waals surface area contributed by atoms with Crippen LogP contribution in [0.4, 0.5) is 5.69 Å². The van der Waals surface area contributed by atoms with Gasteiger partial charge in [0, 0.05) is 16.5 Å². The SMILES string of the molecule is O=C1Nc2ccc(Br)cc2[C@]12Oc1ccccc1[C@@H]1CC(c3ccc(Br)s3)=NN12. The highest BCUT2D eigenvalue weighted by Gasteiger charge is 2.60. The largest absolute Gasteiger partial charge is 0.453 e. The first-order chi connectivity index (χ1) is 14.1. The second-order valence-corrected chi connectivity index (χ2v) is 10.5. The van der Waals surface area contributed by atoms with Crippen LogP contribution >= 0.6 is 43.2 Å². The van der Waals surface area contributed by atoms with Gasteiger partial charge in [-0.15, -0.1) is 11.3 Å². The van der Waals surface area contributed by atoms with E-state index >= 15 is 0 Å². The number of para-hydroxylation sites is 1. The Labute approximate surface area is 187 Å². The molecule has 6 rings (SSSR count). The van der Waals surface area contributed by atoms with Gasteiger partial charge in [0.2, 0.25) is 0 Å². The van der Waals surface area contributed by atoms with Crippen LogP contribution in [0, 0.1) is 0 Å². The van der Waals surface area contributed by atoms with Crippen molar-refractivity contribution in [1.29, 1.82) is 0 Å². The Hall–Kier alpha value is -2.16. The van der Waals surface area contributed by atoms with Crippen LogP contribution in [-0.4, -0.2) is 16.6 Å². The van der Waals surface area contributed by atoms with E-state index in [2.05, 4.69) is 49.3 Å². The molecule has 3 aliphatic rings. The van der Waals surface area contributed by atoms with Crippen molar-refractivity contribution in [2.75, 3.05) is 5.32 Å². The molecule has 29 heavy (non-hydrogen) atoms. The molecule has 1 amide bonds. The number of nitrogens with zero attached hydrogens (tertiary/aromatic N) is 2. The number of halogens is 2. The third-order valence-corrected chi connectivity index (χ3v) is 7.69. The van der Waals surface area contributed by atoms with Crippen molar-refractivity contribution in [1.82, 2.24) is 5.01 Å². The number of nitrogens with one attached hydrogen (secondary N) is 1. The molecule has 0 radical (unpaired) electrons. The molecule has 1 spiro atoms. The lowest BCUT2D eigenvalue weighted by molar-refractivity contribution is -0.161. The molecular formula is C21H13Br2N3O2S. The summed E-state index contributed by atoms with van der Waals surface area (Å²) >= 11 is 8.72. The Morgan fingerprint density at radius 3 is 2.86 bits per heavy atom. The van der Waals surface area contributed by atoms with Gasteiger partial charge in [0.05, 0.1) is 31.7 Å². The normalized spacial score (nSPS) is 23.9. The van der Waals surface area contributed by atoms with Gasteiger partial charge >= 0.3 is 5.72 Å². The molecule has 4 heterocycles. The van der Waals surface area contributed by atoms with Crippen LogP contribution in [0.3, 0.4) is 0 Å². The summed E-state index contributed by atoms with van der Waals surface area (Å²) in [6.07, 6.45) is 0.714. The van der Waals surface area contributed by atoms with E-state index in [4.69, 9.17) is 9.84 Å². The van der Waals surface area contributed by atoms with Crippen molar-refractivity contribution in [2.24, 2.45) is 5.10 Å². The van der Waals surface area contributed by atoms with Crippen LogP contribution in [0.1, 0.15) is 28.5 Å². The number of hydrazone groups is 1. The van der Waals surface area contributed by atoms with E-state index in [0.717, 1.165) is 41.4 Å². The number of carbonyl (C=O) groups is 1. The first-order valence-corrected chi connectivity index (χ1v) is 11.5. The van der Waals surface area contributed by atoms with Crippen LogP contribution in [0.2, 0.25) is 0 Å². The van der Waals surface area contributed by atoms with E-state index in [-0.39, 0.29) is 11.9 Å². The molecule has 0 saturated heterocycles. The Balaban J connectivity index is 1.59. The third-order valence-electron chi connectivity index (χ3n) is 5.53. The molecule has 1 N–H and O–H groups in total.